The first-order valence-electron chi connectivity index (χ1n) is 3.60. The Kier molecular flexibility index (Phi) is 4.04. The van der Waals surface area contributed by atoms with Crippen LogP contribution in [0.3, 0.4) is 0 Å². The molecular formula is C8H10FNOS. The monoisotopic (exact) mass is 187 g/mol. The molecule has 0 amide bonds. The van der Waals surface area contributed by atoms with Crippen molar-refractivity contribution in [3.8, 4) is 0 Å². The zero-order chi connectivity index (χ0) is 8.81. The molecule has 1 unspecified atom stereocenters. The van der Waals surface area contributed by atoms with E-state index in [2.05, 4.69) is 4.98 Å². The second kappa shape index (κ2) is 5.11. The maximum Gasteiger partial charge on any atom is 0.116 e. The fourth-order valence-corrected chi connectivity index (χ4v) is 1.46. The Morgan fingerprint density at radius 2 is 2.17 bits per heavy atom. The number of hydrogen-bond acceptors (Lipinski definition) is 3. The van der Waals surface area contributed by atoms with Gasteiger partial charge in [0.05, 0.1) is 6.10 Å². The van der Waals surface area contributed by atoms with Gasteiger partial charge in [0.25, 0.3) is 0 Å². The lowest BCUT2D eigenvalue weighted by atomic mass is 10.5. The molecule has 0 radical (unpaired) electrons. The molecule has 1 rings (SSSR count). The summed E-state index contributed by atoms with van der Waals surface area (Å²) in [7, 11) is 0. The number of rotatable bonds is 4. The molecule has 0 fully saturated rings. The third-order valence-electron chi connectivity index (χ3n) is 1.27. The number of alkyl halides is 1. The van der Waals surface area contributed by atoms with Gasteiger partial charge in [-0.25, -0.2) is 4.39 Å². The fourth-order valence-electron chi connectivity index (χ4n) is 0.671. The normalized spacial score (nSPS) is 12.8. The van der Waals surface area contributed by atoms with Crippen LogP contribution in [0.1, 0.15) is 0 Å². The maximum atomic E-state index is 11.8. The molecule has 0 saturated carbocycles. The molecule has 12 heavy (non-hydrogen) atoms. The number of hydrogen-bond donors (Lipinski definition) is 1. The number of halogens is 1. The van der Waals surface area contributed by atoms with E-state index in [-0.39, 0.29) is 0 Å². The number of thioether (sulfide) groups is 1. The summed E-state index contributed by atoms with van der Waals surface area (Å²) in [6, 6.07) is 3.66. The van der Waals surface area contributed by atoms with E-state index in [1.54, 1.807) is 12.4 Å². The molecule has 0 saturated heterocycles. The Labute approximate surface area is 74.8 Å². The van der Waals surface area contributed by atoms with Crippen LogP contribution in [0.4, 0.5) is 4.39 Å². The molecule has 1 aromatic rings. The lowest BCUT2D eigenvalue weighted by molar-refractivity contribution is 0.162. The second-order valence-electron chi connectivity index (χ2n) is 2.30. The predicted molar refractivity (Wildman–Crippen MR) is 46.9 cm³/mol. The molecule has 0 bridgehead atoms. The van der Waals surface area contributed by atoms with Gasteiger partial charge in [0.2, 0.25) is 0 Å². The van der Waals surface area contributed by atoms with Crippen LogP contribution in [-0.2, 0) is 0 Å². The summed E-state index contributed by atoms with van der Waals surface area (Å²) in [5.41, 5.74) is 0. The lowest BCUT2D eigenvalue weighted by Gasteiger charge is -2.04. The van der Waals surface area contributed by atoms with Crippen LogP contribution in [0.2, 0.25) is 0 Å². The van der Waals surface area contributed by atoms with Crippen molar-refractivity contribution in [2.24, 2.45) is 0 Å². The Morgan fingerprint density at radius 1 is 1.50 bits per heavy atom. The number of pyridine rings is 1. The van der Waals surface area contributed by atoms with Gasteiger partial charge in [0, 0.05) is 23.0 Å². The summed E-state index contributed by atoms with van der Waals surface area (Å²) < 4.78 is 11.8. The molecular weight excluding hydrogens is 177 g/mol. The molecule has 66 valence electrons. The molecule has 0 aliphatic heterocycles. The Balaban J connectivity index is 2.33. The standard InChI is InChI=1S/C8H10FNOS/c9-5-7(11)6-12-8-1-3-10-4-2-8/h1-4,7,11H,5-6H2. The molecule has 0 aliphatic rings. The minimum Gasteiger partial charge on any atom is -0.390 e. The van der Waals surface area contributed by atoms with Crippen molar-refractivity contribution in [1.29, 1.82) is 0 Å². The topological polar surface area (TPSA) is 33.1 Å². The zero-order valence-electron chi connectivity index (χ0n) is 6.48. The largest absolute Gasteiger partial charge is 0.390 e. The van der Waals surface area contributed by atoms with Gasteiger partial charge in [-0.05, 0) is 12.1 Å². The van der Waals surface area contributed by atoms with Crippen molar-refractivity contribution >= 4 is 11.8 Å². The molecule has 1 N–H and O–H groups in total. The molecule has 0 aliphatic carbocycles. The quantitative estimate of drug-likeness (QED) is 0.725. The molecule has 1 heterocycles. The second-order valence-corrected chi connectivity index (χ2v) is 3.40. The summed E-state index contributed by atoms with van der Waals surface area (Å²) in [5.74, 6) is 0.389. The molecule has 0 spiro atoms. The first-order chi connectivity index (χ1) is 5.83. The van der Waals surface area contributed by atoms with Gasteiger partial charge < -0.3 is 5.11 Å². The molecule has 1 aromatic heterocycles. The minimum absolute atomic E-state index is 0.389. The van der Waals surface area contributed by atoms with E-state index in [0.29, 0.717) is 5.75 Å². The van der Waals surface area contributed by atoms with Crippen LogP contribution in [0, 0.1) is 0 Å². The molecule has 0 aromatic carbocycles. The van der Waals surface area contributed by atoms with E-state index in [9.17, 15) is 4.39 Å². The maximum absolute atomic E-state index is 11.8. The predicted octanol–water partition coefficient (Wildman–Crippen LogP) is 1.50. The average Bonchev–Trinajstić information content (AvgIpc) is 2.16. The molecule has 2 nitrogen and oxygen atoms in total. The van der Waals surface area contributed by atoms with Gasteiger partial charge >= 0.3 is 0 Å². The zero-order valence-corrected chi connectivity index (χ0v) is 7.30. The number of nitrogens with zero attached hydrogens (tertiary/aromatic N) is 1. The van der Waals surface area contributed by atoms with E-state index in [1.165, 1.54) is 11.8 Å². The van der Waals surface area contributed by atoms with Gasteiger partial charge in [0.15, 0.2) is 0 Å². The summed E-state index contributed by atoms with van der Waals surface area (Å²) in [5, 5.41) is 8.91. The van der Waals surface area contributed by atoms with Crippen molar-refractivity contribution in [3.05, 3.63) is 24.5 Å². The van der Waals surface area contributed by atoms with Gasteiger partial charge in [-0.2, -0.15) is 0 Å². The fraction of sp³-hybridized carbons (Fsp3) is 0.375. The van der Waals surface area contributed by atoms with Crippen LogP contribution in [0.15, 0.2) is 29.4 Å². The van der Waals surface area contributed by atoms with Crippen LogP contribution in [0.5, 0.6) is 0 Å². The number of aromatic nitrogens is 1. The van der Waals surface area contributed by atoms with Crippen molar-refractivity contribution < 1.29 is 9.50 Å². The Bertz CT molecular complexity index is 220. The number of aliphatic hydroxyl groups excluding tert-OH is 1. The third kappa shape index (κ3) is 3.19. The summed E-state index contributed by atoms with van der Waals surface area (Å²) in [4.78, 5) is 4.84. The van der Waals surface area contributed by atoms with E-state index >= 15 is 0 Å². The van der Waals surface area contributed by atoms with Crippen molar-refractivity contribution in [2.45, 2.75) is 11.0 Å². The third-order valence-corrected chi connectivity index (χ3v) is 2.43. The Hall–Kier alpha value is -0.610. The summed E-state index contributed by atoms with van der Waals surface area (Å²) >= 11 is 1.42. The average molecular weight is 187 g/mol. The van der Waals surface area contributed by atoms with E-state index in [0.717, 1.165) is 4.90 Å². The van der Waals surface area contributed by atoms with Gasteiger partial charge in [-0.3, -0.25) is 4.98 Å². The van der Waals surface area contributed by atoms with Crippen LogP contribution in [0.25, 0.3) is 0 Å². The first kappa shape index (κ1) is 9.48. The highest BCUT2D eigenvalue weighted by Crippen LogP contribution is 2.16. The number of aliphatic hydroxyl groups is 1. The summed E-state index contributed by atoms with van der Waals surface area (Å²) in [6.45, 7) is -0.682. The summed E-state index contributed by atoms with van der Waals surface area (Å²) in [6.07, 6.45) is 2.48. The molecule has 1 atom stereocenters. The first-order valence-corrected chi connectivity index (χ1v) is 4.58. The van der Waals surface area contributed by atoms with Crippen LogP contribution >= 0.6 is 11.8 Å². The van der Waals surface area contributed by atoms with Crippen molar-refractivity contribution in [3.63, 3.8) is 0 Å². The van der Waals surface area contributed by atoms with Crippen LogP contribution < -0.4 is 0 Å². The molecule has 4 heteroatoms. The van der Waals surface area contributed by atoms with Gasteiger partial charge in [0.1, 0.15) is 6.67 Å². The van der Waals surface area contributed by atoms with Gasteiger partial charge in [-0.1, -0.05) is 0 Å². The highest BCUT2D eigenvalue weighted by atomic mass is 32.2. The highest BCUT2D eigenvalue weighted by molar-refractivity contribution is 7.99. The van der Waals surface area contributed by atoms with E-state index in [1.807, 2.05) is 12.1 Å². The highest BCUT2D eigenvalue weighted by Gasteiger charge is 2.02. The lowest BCUT2D eigenvalue weighted by Crippen LogP contribution is -2.11. The van der Waals surface area contributed by atoms with E-state index < -0.39 is 12.8 Å². The van der Waals surface area contributed by atoms with Crippen LogP contribution in [-0.4, -0.2) is 28.6 Å². The van der Waals surface area contributed by atoms with Crippen molar-refractivity contribution in [1.82, 2.24) is 4.98 Å². The SMILES string of the molecule is OC(CF)CSc1ccncc1. The van der Waals surface area contributed by atoms with Crippen molar-refractivity contribution in [2.75, 3.05) is 12.4 Å². The Morgan fingerprint density at radius 3 is 2.75 bits per heavy atom. The van der Waals surface area contributed by atoms with Gasteiger partial charge in [-0.15, -0.1) is 11.8 Å². The van der Waals surface area contributed by atoms with E-state index in [4.69, 9.17) is 5.11 Å². The minimum atomic E-state index is -0.858. The smallest absolute Gasteiger partial charge is 0.116 e.